The Bertz CT molecular complexity index is 678. The van der Waals surface area contributed by atoms with E-state index >= 15 is 0 Å². The third kappa shape index (κ3) is 3.14. The van der Waals surface area contributed by atoms with E-state index in [0.717, 1.165) is 0 Å². The maximum atomic E-state index is 12.3. The Labute approximate surface area is 129 Å². The van der Waals surface area contributed by atoms with Crippen LogP contribution in [0.4, 0.5) is 0 Å². The highest BCUT2D eigenvalue weighted by atomic mass is 32.2. The molecule has 1 amide bonds. The van der Waals surface area contributed by atoms with E-state index in [-0.39, 0.29) is 17.3 Å². The number of sulfone groups is 1. The summed E-state index contributed by atoms with van der Waals surface area (Å²) in [7, 11) is -3.36. The molecule has 0 unspecified atom stereocenters. The maximum Gasteiger partial charge on any atom is 0.308 e. The van der Waals surface area contributed by atoms with Crippen molar-refractivity contribution in [2.75, 3.05) is 13.1 Å². The van der Waals surface area contributed by atoms with Crippen molar-refractivity contribution in [3.8, 4) is 0 Å². The van der Waals surface area contributed by atoms with E-state index in [1.165, 1.54) is 29.2 Å². The number of carboxylic acid groups (broad SMARTS) is 1. The number of hydrogen-bond acceptors (Lipinski definition) is 4. The van der Waals surface area contributed by atoms with E-state index < -0.39 is 27.0 Å². The van der Waals surface area contributed by atoms with Crippen molar-refractivity contribution in [3.63, 3.8) is 0 Å². The van der Waals surface area contributed by atoms with E-state index in [1.54, 1.807) is 13.8 Å². The number of rotatable bonds is 4. The lowest BCUT2D eigenvalue weighted by atomic mass is 10.1. The number of likely N-dealkylation sites (tertiary alicyclic amines) is 1. The Hall–Kier alpha value is -1.89. The zero-order valence-electron chi connectivity index (χ0n) is 12.5. The van der Waals surface area contributed by atoms with Gasteiger partial charge in [0, 0.05) is 18.7 Å². The molecule has 0 saturated carbocycles. The summed E-state index contributed by atoms with van der Waals surface area (Å²) in [6.45, 7) is 3.80. The van der Waals surface area contributed by atoms with Gasteiger partial charge < -0.3 is 10.0 Å². The van der Waals surface area contributed by atoms with E-state index in [4.69, 9.17) is 5.11 Å². The second-order valence-corrected chi connectivity index (χ2v) is 8.20. The van der Waals surface area contributed by atoms with Gasteiger partial charge in [0.1, 0.15) is 0 Å². The van der Waals surface area contributed by atoms with Gasteiger partial charge in [-0.25, -0.2) is 8.42 Å². The molecule has 6 nitrogen and oxygen atoms in total. The number of hydrogen-bond donors (Lipinski definition) is 1. The van der Waals surface area contributed by atoms with Crippen LogP contribution < -0.4 is 0 Å². The van der Waals surface area contributed by atoms with Gasteiger partial charge >= 0.3 is 5.97 Å². The quantitative estimate of drug-likeness (QED) is 0.904. The molecule has 1 saturated heterocycles. The minimum atomic E-state index is -3.36. The topological polar surface area (TPSA) is 91.8 Å². The number of amides is 1. The van der Waals surface area contributed by atoms with Crippen LogP contribution in [0.25, 0.3) is 0 Å². The maximum absolute atomic E-state index is 12.3. The first-order valence-electron chi connectivity index (χ1n) is 7.09. The lowest BCUT2D eigenvalue weighted by molar-refractivity contribution is -0.141. The standard InChI is InChI=1S/C15H19NO5S/c1-10(2)22(20,21)13-5-3-11(4-6-13)14(17)16-8-7-12(9-16)15(18)19/h3-6,10,12H,7-9H2,1-2H3,(H,18,19)/t12-/m0/s1. The predicted octanol–water partition coefficient (Wildman–Crippen LogP) is 1.42. The van der Waals surface area contributed by atoms with Crippen LogP contribution in [0.15, 0.2) is 29.2 Å². The predicted molar refractivity (Wildman–Crippen MR) is 80.4 cm³/mol. The molecule has 0 aromatic heterocycles. The molecule has 1 atom stereocenters. The minimum absolute atomic E-state index is 0.184. The summed E-state index contributed by atoms with van der Waals surface area (Å²) in [4.78, 5) is 24.9. The molecule has 120 valence electrons. The van der Waals surface area contributed by atoms with Crippen molar-refractivity contribution >= 4 is 21.7 Å². The zero-order chi connectivity index (χ0) is 16.5. The number of carbonyl (C=O) groups is 2. The van der Waals surface area contributed by atoms with Crippen molar-refractivity contribution in [3.05, 3.63) is 29.8 Å². The third-order valence-corrected chi connectivity index (χ3v) is 6.05. The Morgan fingerprint density at radius 3 is 2.27 bits per heavy atom. The molecule has 1 aliphatic rings. The second kappa shape index (κ2) is 6.08. The molecule has 0 radical (unpaired) electrons. The first-order chi connectivity index (χ1) is 10.2. The monoisotopic (exact) mass is 325 g/mol. The number of aliphatic carboxylic acids is 1. The van der Waals surface area contributed by atoms with E-state index in [9.17, 15) is 18.0 Å². The molecule has 0 spiro atoms. The molecule has 22 heavy (non-hydrogen) atoms. The summed E-state index contributed by atoms with van der Waals surface area (Å²) in [6, 6.07) is 5.80. The summed E-state index contributed by atoms with van der Waals surface area (Å²) >= 11 is 0. The fourth-order valence-corrected chi connectivity index (χ4v) is 3.45. The van der Waals surface area contributed by atoms with E-state index in [0.29, 0.717) is 18.5 Å². The first-order valence-corrected chi connectivity index (χ1v) is 8.64. The van der Waals surface area contributed by atoms with Gasteiger partial charge in [-0.05, 0) is 44.5 Å². The summed E-state index contributed by atoms with van der Waals surface area (Å²) < 4.78 is 24.1. The smallest absolute Gasteiger partial charge is 0.308 e. The van der Waals surface area contributed by atoms with Crippen LogP contribution in [0, 0.1) is 5.92 Å². The van der Waals surface area contributed by atoms with Crippen LogP contribution >= 0.6 is 0 Å². The Balaban J connectivity index is 2.15. The fourth-order valence-electron chi connectivity index (χ4n) is 2.39. The zero-order valence-corrected chi connectivity index (χ0v) is 13.3. The normalized spacial score (nSPS) is 18.7. The Morgan fingerprint density at radius 2 is 1.82 bits per heavy atom. The number of benzene rings is 1. The molecule has 1 heterocycles. The Morgan fingerprint density at radius 1 is 1.23 bits per heavy atom. The molecule has 2 rings (SSSR count). The number of nitrogens with zero attached hydrogens (tertiary/aromatic N) is 1. The number of carbonyl (C=O) groups excluding carboxylic acids is 1. The first kappa shape index (κ1) is 16.5. The third-order valence-electron chi connectivity index (χ3n) is 3.88. The summed E-state index contributed by atoms with van der Waals surface area (Å²) in [5.41, 5.74) is 0.369. The van der Waals surface area contributed by atoms with Gasteiger partial charge in [0.2, 0.25) is 0 Å². The minimum Gasteiger partial charge on any atom is -0.481 e. The van der Waals surface area contributed by atoms with Gasteiger partial charge in [0.05, 0.1) is 16.1 Å². The molecule has 1 aliphatic heterocycles. The van der Waals surface area contributed by atoms with Crippen LogP contribution in [0.1, 0.15) is 30.6 Å². The van der Waals surface area contributed by atoms with Crippen molar-refractivity contribution < 1.29 is 23.1 Å². The largest absolute Gasteiger partial charge is 0.481 e. The van der Waals surface area contributed by atoms with Crippen molar-refractivity contribution in [1.82, 2.24) is 4.90 Å². The van der Waals surface area contributed by atoms with Crippen molar-refractivity contribution in [2.24, 2.45) is 5.92 Å². The van der Waals surface area contributed by atoms with Crippen LogP contribution in [-0.2, 0) is 14.6 Å². The molecule has 7 heteroatoms. The Kier molecular flexibility index (Phi) is 4.55. The average molecular weight is 325 g/mol. The molecule has 0 aliphatic carbocycles. The lowest BCUT2D eigenvalue weighted by Gasteiger charge is -2.16. The van der Waals surface area contributed by atoms with Crippen molar-refractivity contribution in [2.45, 2.75) is 30.4 Å². The highest BCUT2D eigenvalue weighted by Crippen LogP contribution is 2.21. The molecule has 0 bridgehead atoms. The molecule has 1 fully saturated rings. The second-order valence-electron chi connectivity index (χ2n) is 5.69. The van der Waals surface area contributed by atoms with E-state index in [1.807, 2.05) is 0 Å². The van der Waals surface area contributed by atoms with Gasteiger partial charge in [-0.3, -0.25) is 9.59 Å². The summed E-state index contributed by atoms with van der Waals surface area (Å²) in [5, 5.41) is 8.43. The number of carboxylic acids is 1. The van der Waals surface area contributed by atoms with Gasteiger partial charge in [0.25, 0.3) is 5.91 Å². The highest BCUT2D eigenvalue weighted by Gasteiger charge is 2.31. The van der Waals surface area contributed by atoms with Crippen molar-refractivity contribution in [1.29, 1.82) is 0 Å². The summed E-state index contributed by atoms with van der Waals surface area (Å²) in [6.07, 6.45) is 0.445. The molecule has 1 aromatic carbocycles. The molecular formula is C15H19NO5S. The van der Waals surface area contributed by atoms with Gasteiger partial charge in [-0.2, -0.15) is 0 Å². The van der Waals surface area contributed by atoms with Crippen LogP contribution in [0.2, 0.25) is 0 Å². The van der Waals surface area contributed by atoms with E-state index in [2.05, 4.69) is 0 Å². The highest BCUT2D eigenvalue weighted by molar-refractivity contribution is 7.92. The lowest BCUT2D eigenvalue weighted by Crippen LogP contribution is -2.30. The average Bonchev–Trinajstić information content (AvgIpc) is 2.96. The van der Waals surface area contributed by atoms with Gasteiger partial charge in [0.15, 0.2) is 9.84 Å². The van der Waals surface area contributed by atoms with Crippen LogP contribution in [0.5, 0.6) is 0 Å². The molecule has 1 N–H and O–H groups in total. The summed E-state index contributed by atoms with van der Waals surface area (Å²) in [5.74, 6) is -1.68. The molecular weight excluding hydrogens is 306 g/mol. The van der Waals surface area contributed by atoms with Crippen LogP contribution in [0.3, 0.4) is 0 Å². The van der Waals surface area contributed by atoms with Gasteiger partial charge in [-0.15, -0.1) is 0 Å². The fraction of sp³-hybridized carbons (Fsp3) is 0.467. The molecule has 1 aromatic rings. The van der Waals surface area contributed by atoms with Crippen LogP contribution in [-0.4, -0.2) is 48.6 Å². The van der Waals surface area contributed by atoms with Gasteiger partial charge in [-0.1, -0.05) is 0 Å². The SMILES string of the molecule is CC(C)S(=O)(=O)c1ccc(C(=O)N2CC[C@H](C(=O)O)C2)cc1.